The van der Waals surface area contributed by atoms with E-state index in [1.165, 1.54) is 6.07 Å². The van der Waals surface area contributed by atoms with Gasteiger partial charge in [-0.25, -0.2) is 8.78 Å². The monoisotopic (exact) mass is 380 g/mol. The molecule has 6 heteroatoms. The third kappa shape index (κ3) is 5.50. The molecule has 0 bridgehead atoms. The van der Waals surface area contributed by atoms with Crippen molar-refractivity contribution in [1.29, 1.82) is 0 Å². The van der Waals surface area contributed by atoms with Gasteiger partial charge in [0.15, 0.2) is 0 Å². The Labute approximate surface area is 160 Å². The van der Waals surface area contributed by atoms with Crippen LogP contribution in [0.1, 0.15) is 63.2 Å². The van der Waals surface area contributed by atoms with Crippen molar-refractivity contribution in [3.8, 4) is 0 Å². The summed E-state index contributed by atoms with van der Waals surface area (Å²) in [5, 5.41) is 0. The van der Waals surface area contributed by atoms with Crippen LogP contribution in [0, 0.1) is 17.6 Å². The van der Waals surface area contributed by atoms with E-state index in [0.717, 1.165) is 37.9 Å². The SMILES string of the molecule is CCCCCN(C(=O)C1CCN(C(=O)c2ccc(F)cc2F)CC1)C(C)C. The molecule has 4 nitrogen and oxygen atoms in total. The molecular formula is C21H30F2N2O2. The Morgan fingerprint density at radius 1 is 1.19 bits per heavy atom. The number of unbranched alkanes of at least 4 members (excludes halogenated alkanes) is 2. The summed E-state index contributed by atoms with van der Waals surface area (Å²) in [5.74, 6) is -1.94. The van der Waals surface area contributed by atoms with Gasteiger partial charge in [-0.3, -0.25) is 9.59 Å². The maximum Gasteiger partial charge on any atom is 0.256 e. The highest BCUT2D eigenvalue weighted by Crippen LogP contribution is 2.23. The second kappa shape index (κ2) is 9.81. The van der Waals surface area contributed by atoms with Crippen LogP contribution >= 0.6 is 0 Å². The molecule has 2 amide bonds. The number of hydrogen-bond donors (Lipinski definition) is 0. The van der Waals surface area contributed by atoms with Crippen molar-refractivity contribution in [3.63, 3.8) is 0 Å². The summed E-state index contributed by atoms with van der Waals surface area (Å²) in [4.78, 5) is 28.9. The molecule has 1 saturated heterocycles. The number of rotatable bonds is 7. The van der Waals surface area contributed by atoms with E-state index >= 15 is 0 Å². The molecule has 27 heavy (non-hydrogen) atoms. The minimum Gasteiger partial charge on any atom is -0.340 e. The molecule has 2 rings (SSSR count). The highest BCUT2D eigenvalue weighted by molar-refractivity contribution is 5.94. The van der Waals surface area contributed by atoms with Gasteiger partial charge in [0, 0.05) is 37.7 Å². The fourth-order valence-electron chi connectivity index (χ4n) is 3.55. The molecular weight excluding hydrogens is 350 g/mol. The van der Waals surface area contributed by atoms with E-state index in [0.29, 0.717) is 25.9 Å². The third-order valence-electron chi connectivity index (χ3n) is 5.20. The molecule has 0 unspecified atom stereocenters. The second-order valence-corrected chi connectivity index (χ2v) is 7.52. The van der Waals surface area contributed by atoms with Gasteiger partial charge < -0.3 is 9.80 Å². The predicted octanol–water partition coefficient (Wildman–Crippen LogP) is 4.24. The van der Waals surface area contributed by atoms with E-state index in [1.54, 1.807) is 4.90 Å². The van der Waals surface area contributed by atoms with Crippen molar-refractivity contribution < 1.29 is 18.4 Å². The number of carbonyl (C=O) groups is 2. The number of likely N-dealkylation sites (tertiary alicyclic amines) is 1. The van der Waals surface area contributed by atoms with Crippen molar-refractivity contribution in [3.05, 3.63) is 35.4 Å². The van der Waals surface area contributed by atoms with Crippen molar-refractivity contribution in [1.82, 2.24) is 9.80 Å². The van der Waals surface area contributed by atoms with E-state index in [2.05, 4.69) is 6.92 Å². The van der Waals surface area contributed by atoms with Crippen LogP contribution in [-0.4, -0.2) is 47.3 Å². The number of halogens is 2. The Morgan fingerprint density at radius 3 is 2.41 bits per heavy atom. The van der Waals surface area contributed by atoms with E-state index < -0.39 is 17.5 Å². The summed E-state index contributed by atoms with van der Waals surface area (Å²) in [6.45, 7) is 7.78. The lowest BCUT2D eigenvalue weighted by Gasteiger charge is -2.36. The number of hydrogen-bond acceptors (Lipinski definition) is 2. The summed E-state index contributed by atoms with van der Waals surface area (Å²) in [6.07, 6.45) is 4.36. The largest absolute Gasteiger partial charge is 0.340 e. The molecule has 0 aliphatic carbocycles. The van der Waals surface area contributed by atoms with Gasteiger partial charge in [0.1, 0.15) is 11.6 Å². The van der Waals surface area contributed by atoms with Gasteiger partial charge in [-0.2, -0.15) is 0 Å². The molecule has 1 aromatic rings. The summed E-state index contributed by atoms with van der Waals surface area (Å²) in [7, 11) is 0. The summed E-state index contributed by atoms with van der Waals surface area (Å²) in [6, 6.07) is 3.14. The molecule has 0 atom stereocenters. The number of nitrogens with zero attached hydrogens (tertiary/aromatic N) is 2. The molecule has 1 aliphatic rings. The number of piperidine rings is 1. The van der Waals surface area contributed by atoms with E-state index in [-0.39, 0.29) is 23.4 Å². The number of carbonyl (C=O) groups excluding carboxylic acids is 2. The maximum atomic E-state index is 13.9. The zero-order valence-electron chi connectivity index (χ0n) is 16.5. The van der Waals surface area contributed by atoms with Crippen LogP contribution in [-0.2, 0) is 4.79 Å². The molecule has 0 N–H and O–H groups in total. The molecule has 0 saturated carbocycles. The van der Waals surface area contributed by atoms with E-state index in [1.807, 2.05) is 18.7 Å². The zero-order chi connectivity index (χ0) is 20.0. The average Bonchev–Trinajstić information content (AvgIpc) is 2.64. The Kier molecular flexibility index (Phi) is 7.75. The summed E-state index contributed by atoms with van der Waals surface area (Å²) >= 11 is 0. The lowest BCUT2D eigenvalue weighted by molar-refractivity contribution is -0.138. The normalized spacial score (nSPS) is 15.3. The standard InChI is InChI=1S/C21H30F2N2O2/c1-4-5-6-11-25(15(2)3)20(26)16-9-12-24(13-10-16)21(27)18-8-7-17(22)14-19(18)23/h7-8,14-16H,4-6,9-13H2,1-3H3. The van der Waals surface area contributed by atoms with Crippen molar-refractivity contribution in [2.24, 2.45) is 5.92 Å². The highest BCUT2D eigenvalue weighted by atomic mass is 19.1. The van der Waals surface area contributed by atoms with Crippen LogP contribution in [0.2, 0.25) is 0 Å². The molecule has 1 heterocycles. The molecule has 1 aliphatic heterocycles. The Hall–Kier alpha value is -1.98. The molecule has 0 aromatic heterocycles. The molecule has 1 fully saturated rings. The first-order valence-electron chi connectivity index (χ1n) is 9.90. The van der Waals surface area contributed by atoms with Crippen molar-refractivity contribution in [2.75, 3.05) is 19.6 Å². The lowest BCUT2D eigenvalue weighted by atomic mass is 9.94. The van der Waals surface area contributed by atoms with Crippen LogP contribution < -0.4 is 0 Å². The first-order chi connectivity index (χ1) is 12.8. The van der Waals surface area contributed by atoms with Gasteiger partial charge in [-0.05, 0) is 45.2 Å². The molecule has 1 aromatic carbocycles. The lowest BCUT2D eigenvalue weighted by Crippen LogP contribution is -2.46. The van der Waals surface area contributed by atoms with Crippen molar-refractivity contribution >= 4 is 11.8 Å². The van der Waals surface area contributed by atoms with Gasteiger partial charge in [-0.15, -0.1) is 0 Å². The van der Waals surface area contributed by atoms with Crippen molar-refractivity contribution in [2.45, 2.75) is 58.9 Å². The van der Waals surface area contributed by atoms with Crippen LogP contribution in [0.4, 0.5) is 8.78 Å². The quantitative estimate of drug-likeness (QED) is 0.664. The molecule has 150 valence electrons. The maximum absolute atomic E-state index is 13.9. The third-order valence-corrected chi connectivity index (χ3v) is 5.20. The Bertz CT molecular complexity index is 656. The first kappa shape index (κ1) is 21.3. The van der Waals surface area contributed by atoms with Crippen LogP contribution in [0.15, 0.2) is 18.2 Å². The number of amides is 2. The summed E-state index contributed by atoms with van der Waals surface area (Å²) < 4.78 is 26.9. The average molecular weight is 380 g/mol. The van der Waals surface area contributed by atoms with Crippen LogP contribution in [0.5, 0.6) is 0 Å². The minimum atomic E-state index is -0.847. The molecule has 0 spiro atoms. The van der Waals surface area contributed by atoms with Gasteiger partial charge in [0.05, 0.1) is 5.56 Å². The second-order valence-electron chi connectivity index (χ2n) is 7.52. The smallest absolute Gasteiger partial charge is 0.256 e. The topological polar surface area (TPSA) is 40.6 Å². The summed E-state index contributed by atoms with van der Waals surface area (Å²) in [5.41, 5.74) is -0.121. The Morgan fingerprint density at radius 2 is 1.85 bits per heavy atom. The molecule has 0 radical (unpaired) electrons. The fraction of sp³-hybridized carbons (Fsp3) is 0.619. The highest BCUT2D eigenvalue weighted by Gasteiger charge is 2.31. The van der Waals surface area contributed by atoms with Gasteiger partial charge in [0.2, 0.25) is 5.91 Å². The van der Waals surface area contributed by atoms with Gasteiger partial charge in [0.25, 0.3) is 5.91 Å². The van der Waals surface area contributed by atoms with E-state index in [9.17, 15) is 18.4 Å². The van der Waals surface area contributed by atoms with Crippen LogP contribution in [0.25, 0.3) is 0 Å². The number of benzene rings is 1. The van der Waals surface area contributed by atoms with Gasteiger partial charge in [-0.1, -0.05) is 19.8 Å². The van der Waals surface area contributed by atoms with E-state index in [4.69, 9.17) is 0 Å². The fourth-order valence-corrected chi connectivity index (χ4v) is 3.55. The first-order valence-corrected chi connectivity index (χ1v) is 9.90. The zero-order valence-corrected chi connectivity index (χ0v) is 16.5. The predicted molar refractivity (Wildman–Crippen MR) is 101 cm³/mol. The van der Waals surface area contributed by atoms with Gasteiger partial charge >= 0.3 is 0 Å². The van der Waals surface area contributed by atoms with Crippen LogP contribution in [0.3, 0.4) is 0 Å². The Balaban J connectivity index is 1.95. The minimum absolute atomic E-state index is 0.101.